The fraction of sp³-hybridized carbons (Fsp3) is 0.357. The molecule has 0 aliphatic rings. The first-order valence-electron chi connectivity index (χ1n) is 6.76. The minimum atomic E-state index is -3.73. The third-order valence-electron chi connectivity index (χ3n) is 2.91. The van der Waals surface area contributed by atoms with Crippen LogP contribution in [-0.2, 0) is 16.6 Å². The molecule has 0 unspecified atom stereocenters. The van der Waals surface area contributed by atoms with Gasteiger partial charge < -0.3 is 9.73 Å². The van der Waals surface area contributed by atoms with E-state index in [9.17, 15) is 8.42 Å². The topological polar surface area (TPSA) is 84.2 Å². The first kappa shape index (κ1) is 15.5. The van der Waals surface area contributed by atoms with Gasteiger partial charge in [-0.05, 0) is 43.7 Å². The van der Waals surface area contributed by atoms with Gasteiger partial charge in [-0.25, -0.2) is 0 Å². The number of pyridine rings is 1. The molecule has 0 aromatic carbocycles. The molecule has 0 bridgehead atoms. The molecule has 2 rings (SSSR count). The van der Waals surface area contributed by atoms with Gasteiger partial charge in [0.2, 0.25) is 5.09 Å². The second-order valence-corrected chi connectivity index (χ2v) is 6.31. The van der Waals surface area contributed by atoms with Gasteiger partial charge in [-0.15, -0.1) is 0 Å². The normalized spacial score (nSPS) is 11.5. The highest BCUT2D eigenvalue weighted by Gasteiger charge is 2.19. The van der Waals surface area contributed by atoms with Gasteiger partial charge in [0, 0.05) is 6.20 Å². The molecule has 2 heterocycles. The summed E-state index contributed by atoms with van der Waals surface area (Å²) in [5.41, 5.74) is 1.24. The van der Waals surface area contributed by atoms with Crippen LogP contribution in [0, 0.1) is 6.92 Å². The Morgan fingerprint density at radius 3 is 2.81 bits per heavy atom. The molecule has 0 saturated heterocycles. The molecule has 0 saturated carbocycles. The zero-order chi connectivity index (χ0) is 15.3. The molecule has 0 aliphatic heterocycles. The smallest absolute Gasteiger partial charge is 0.295 e. The highest BCUT2D eigenvalue weighted by Crippen LogP contribution is 2.20. The summed E-state index contributed by atoms with van der Waals surface area (Å²) in [6.45, 7) is 5.23. The number of nitrogens with zero attached hydrogens (tertiary/aromatic N) is 1. The number of aromatic nitrogens is 1. The van der Waals surface area contributed by atoms with Crippen molar-refractivity contribution in [2.75, 3.05) is 11.3 Å². The van der Waals surface area contributed by atoms with Gasteiger partial charge in [0.15, 0.2) is 0 Å². The molecular weight excluding hydrogens is 290 g/mol. The Morgan fingerprint density at radius 1 is 1.29 bits per heavy atom. The van der Waals surface area contributed by atoms with Crippen LogP contribution in [0.1, 0.15) is 24.7 Å². The Hall–Kier alpha value is -1.86. The SMILES string of the molecule is CCCNCc1ccc(S(=O)(=O)Nc2cnccc2C)o1. The van der Waals surface area contributed by atoms with Crippen LogP contribution in [-0.4, -0.2) is 19.9 Å². The van der Waals surface area contributed by atoms with Crippen molar-refractivity contribution in [3.8, 4) is 0 Å². The standard InChI is InChI=1S/C14H19N3O3S/c1-3-7-15-9-12-4-5-14(20-12)21(18,19)17-13-10-16-8-6-11(13)2/h4-6,8,10,15,17H,3,7,9H2,1-2H3. The summed E-state index contributed by atoms with van der Waals surface area (Å²) in [4.78, 5) is 3.91. The number of anilines is 1. The molecule has 2 N–H and O–H groups in total. The first-order valence-corrected chi connectivity index (χ1v) is 8.24. The minimum Gasteiger partial charge on any atom is -0.446 e. The van der Waals surface area contributed by atoms with Crippen molar-refractivity contribution in [1.29, 1.82) is 0 Å². The number of sulfonamides is 1. The number of nitrogens with one attached hydrogen (secondary N) is 2. The third-order valence-corrected chi connectivity index (χ3v) is 4.15. The fourth-order valence-corrected chi connectivity index (χ4v) is 2.82. The Labute approximate surface area is 124 Å². The number of furan rings is 1. The van der Waals surface area contributed by atoms with Gasteiger partial charge >= 0.3 is 0 Å². The van der Waals surface area contributed by atoms with Crippen LogP contribution in [0.5, 0.6) is 0 Å². The van der Waals surface area contributed by atoms with Crippen LogP contribution in [0.2, 0.25) is 0 Å². The highest BCUT2D eigenvalue weighted by atomic mass is 32.2. The maximum atomic E-state index is 12.2. The predicted octanol–water partition coefficient (Wildman–Crippen LogP) is 2.28. The Kier molecular flexibility index (Phi) is 4.98. The van der Waals surface area contributed by atoms with E-state index in [0.717, 1.165) is 18.5 Å². The lowest BCUT2D eigenvalue weighted by Gasteiger charge is -2.07. The second kappa shape index (κ2) is 6.73. The Morgan fingerprint density at radius 2 is 2.10 bits per heavy atom. The van der Waals surface area contributed by atoms with Crippen molar-refractivity contribution in [2.24, 2.45) is 0 Å². The largest absolute Gasteiger partial charge is 0.446 e. The van der Waals surface area contributed by atoms with E-state index in [1.165, 1.54) is 12.3 Å². The van der Waals surface area contributed by atoms with Crippen molar-refractivity contribution in [1.82, 2.24) is 10.3 Å². The van der Waals surface area contributed by atoms with Crippen molar-refractivity contribution >= 4 is 15.7 Å². The fourth-order valence-electron chi connectivity index (χ4n) is 1.75. The lowest BCUT2D eigenvalue weighted by Crippen LogP contribution is -2.14. The lowest BCUT2D eigenvalue weighted by atomic mass is 10.3. The maximum absolute atomic E-state index is 12.2. The van der Waals surface area contributed by atoms with E-state index in [1.807, 2.05) is 6.92 Å². The van der Waals surface area contributed by atoms with Crippen molar-refractivity contribution < 1.29 is 12.8 Å². The van der Waals surface area contributed by atoms with E-state index in [-0.39, 0.29) is 5.09 Å². The van der Waals surface area contributed by atoms with Crippen molar-refractivity contribution in [3.63, 3.8) is 0 Å². The third kappa shape index (κ3) is 4.05. The minimum absolute atomic E-state index is 0.0981. The van der Waals surface area contributed by atoms with Crippen LogP contribution in [0.4, 0.5) is 5.69 Å². The average Bonchev–Trinajstić information content (AvgIpc) is 2.91. The summed E-state index contributed by atoms with van der Waals surface area (Å²) in [5, 5.41) is 3.06. The van der Waals surface area contributed by atoms with E-state index in [2.05, 4.69) is 21.9 Å². The van der Waals surface area contributed by atoms with E-state index < -0.39 is 10.0 Å². The Bertz CT molecular complexity index is 695. The van der Waals surface area contributed by atoms with E-state index in [0.29, 0.717) is 18.0 Å². The number of rotatable bonds is 7. The molecule has 2 aromatic rings. The van der Waals surface area contributed by atoms with Crippen molar-refractivity contribution in [2.45, 2.75) is 31.9 Å². The van der Waals surface area contributed by atoms with Crippen LogP contribution in [0.15, 0.2) is 40.1 Å². The summed E-state index contributed by atoms with van der Waals surface area (Å²) < 4.78 is 32.3. The molecule has 0 spiro atoms. The molecule has 0 atom stereocenters. The summed E-state index contributed by atoms with van der Waals surface area (Å²) in [5.74, 6) is 0.590. The van der Waals surface area contributed by atoms with Crippen LogP contribution in [0.25, 0.3) is 0 Å². The van der Waals surface area contributed by atoms with Crippen LogP contribution >= 0.6 is 0 Å². The summed E-state index contributed by atoms with van der Waals surface area (Å²) >= 11 is 0. The quantitative estimate of drug-likeness (QED) is 0.767. The number of aryl methyl sites for hydroxylation is 1. The monoisotopic (exact) mass is 309 g/mol. The predicted molar refractivity (Wildman–Crippen MR) is 80.5 cm³/mol. The zero-order valence-electron chi connectivity index (χ0n) is 12.1. The maximum Gasteiger partial charge on any atom is 0.295 e. The molecule has 114 valence electrons. The van der Waals surface area contributed by atoms with E-state index in [1.54, 1.807) is 18.3 Å². The van der Waals surface area contributed by atoms with Gasteiger partial charge in [0.05, 0.1) is 18.4 Å². The molecule has 21 heavy (non-hydrogen) atoms. The molecule has 7 heteroatoms. The molecule has 0 aliphatic carbocycles. The highest BCUT2D eigenvalue weighted by molar-refractivity contribution is 7.92. The summed E-state index contributed by atoms with van der Waals surface area (Å²) in [6, 6.07) is 4.85. The Balaban J connectivity index is 2.11. The van der Waals surface area contributed by atoms with Gasteiger partial charge in [0.1, 0.15) is 5.76 Å². The van der Waals surface area contributed by atoms with E-state index in [4.69, 9.17) is 4.42 Å². The molecule has 0 radical (unpaired) electrons. The van der Waals surface area contributed by atoms with Crippen LogP contribution < -0.4 is 10.0 Å². The second-order valence-electron chi connectivity index (χ2n) is 4.69. The summed E-state index contributed by atoms with van der Waals surface area (Å²) in [7, 11) is -3.73. The summed E-state index contributed by atoms with van der Waals surface area (Å²) in [6.07, 6.45) is 4.09. The van der Waals surface area contributed by atoms with E-state index >= 15 is 0 Å². The van der Waals surface area contributed by atoms with Crippen molar-refractivity contribution in [3.05, 3.63) is 41.9 Å². The molecule has 6 nitrogen and oxygen atoms in total. The van der Waals surface area contributed by atoms with Gasteiger partial charge in [-0.2, -0.15) is 8.42 Å². The molecule has 2 aromatic heterocycles. The van der Waals surface area contributed by atoms with Gasteiger partial charge in [-0.3, -0.25) is 9.71 Å². The zero-order valence-corrected chi connectivity index (χ0v) is 12.9. The molecule has 0 amide bonds. The first-order chi connectivity index (χ1) is 10.0. The van der Waals surface area contributed by atoms with Gasteiger partial charge in [0.25, 0.3) is 10.0 Å². The average molecular weight is 309 g/mol. The number of hydrogen-bond acceptors (Lipinski definition) is 5. The van der Waals surface area contributed by atoms with Gasteiger partial charge in [-0.1, -0.05) is 6.92 Å². The molecular formula is C14H19N3O3S. The van der Waals surface area contributed by atoms with Crippen LogP contribution in [0.3, 0.4) is 0 Å². The number of hydrogen-bond donors (Lipinski definition) is 2. The molecule has 0 fully saturated rings. The lowest BCUT2D eigenvalue weighted by molar-refractivity contribution is 0.403.